The van der Waals surface area contributed by atoms with Gasteiger partial charge >= 0.3 is 0 Å². The molecule has 0 aromatic carbocycles. The van der Waals surface area contributed by atoms with E-state index >= 15 is 0 Å². The van der Waals surface area contributed by atoms with Gasteiger partial charge in [0, 0.05) is 22.7 Å². The zero-order valence-electron chi connectivity index (χ0n) is 6.84. The van der Waals surface area contributed by atoms with Crippen molar-refractivity contribution in [2.24, 2.45) is 5.92 Å². The van der Waals surface area contributed by atoms with Crippen LogP contribution in [0, 0.1) is 5.92 Å². The Kier molecular flexibility index (Phi) is 2.24. The van der Waals surface area contributed by atoms with Gasteiger partial charge < -0.3 is 4.90 Å². The van der Waals surface area contributed by atoms with Gasteiger partial charge in [-0.2, -0.15) is 0 Å². The van der Waals surface area contributed by atoms with Crippen LogP contribution in [0.2, 0.25) is 0 Å². The summed E-state index contributed by atoms with van der Waals surface area (Å²) >= 11 is 7.20. The first-order chi connectivity index (χ1) is 5.61. The SMILES string of the molecule is CN1C(=O)[C@@H]2C[C@H](Br)[C@H](Br)C[C@H]21. The second-order valence-corrected chi connectivity index (χ2v) is 5.98. The van der Waals surface area contributed by atoms with Crippen LogP contribution in [0.1, 0.15) is 12.8 Å². The Morgan fingerprint density at radius 2 is 1.92 bits per heavy atom. The smallest absolute Gasteiger partial charge is 0.227 e. The molecule has 0 unspecified atom stereocenters. The zero-order valence-corrected chi connectivity index (χ0v) is 10.0. The topological polar surface area (TPSA) is 20.3 Å². The molecule has 0 N–H and O–H groups in total. The molecule has 0 radical (unpaired) electrons. The summed E-state index contributed by atoms with van der Waals surface area (Å²) in [4.78, 5) is 14.2. The van der Waals surface area contributed by atoms with Crippen LogP contribution < -0.4 is 0 Å². The number of nitrogens with zero attached hydrogens (tertiary/aromatic N) is 1. The van der Waals surface area contributed by atoms with E-state index in [0.29, 0.717) is 27.5 Å². The van der Waals surface area contributed by atoms with E-state index in [0.717, 1.165) is 12.8 Å². The summed E-state index contributed by atoms with van der Waals surface area (Å²) in [6.45, 7) is 0. The van der Waals surface area contributed by atoms with E-state index in [1.807, 2.05) is 11.9 Å². The first-order valence-electron chi connectivity index (χ1n) is 4.16. The summed E-state index contributed by atoms with van der Waals surface area (Å²) in [5.41, 5.74) is 0. The average molecular weight is 297 g/mol. The second kappa shape index (κ2) is 2.98. The highest BCUT2D eigenvalue weighted by molar-refractivity contribution is 9.12. The fourth-order valence-corrected chi connectivity index (χ4v) is 3.34. The minimum absolute atomic E-state index is 0.299. The van der Waals surface area contributed by atoms with Crippen LogP contribution in [0.3, 0.4) is 0 Å². The Bertz CT molecular complexity index is 221. The lowest BCUT2D eigenvalue weighted by Gasteiger charge is -2.50. The Morgan fingerprint density at radius 3 is 2.58 bits per heavy atom. The molecule has 0 aromatic heterocycles. The molecule has 1 aliphatic carbocycles. The average Bonchev–Trinajstić information content (AvgIpc) is 2.08. The molecule has 4 heteroatoms. The van der Waals surface area contributed by atoms with Crippen LogP contribution in [0.15, 0.2) is 0 Å². The molecule has 1 saturated heterocycles. The lowest BCUT2D eigenvalue weighted by molar-refractivity contribution is -0.155. The highest BCUT2D eigenvalue weighted by Gasteiger charge is 2.50. The van der Waals surface area contributed by atoms with E-state index in [4.69, 9.17) is 0 Å². The number of alkyl halides is 2. The molecule has 0 spiro atoms. The van der Waals surface area contributed by atoms with Crippen LogP contribution in [-0.2, 0) is 4.79 Å². The number of likely N-dealkylation sites (tertiary alicyclic amines) is 1. The maximum Gasteiger partial charge on any atom is 0.227 e. The van der Waals surface area contributed by atoms with Crippen molar-refractivity contribution in [3.05, 3.63) is 0 Å². The van der Waals surface area contributed by atoms with E-state index in [-0.39, 0.29) is 0 Å². The summed E-state index contributed by atoms with van der Waals surface area (Å²) < 4.78 is 0. The maximum absolute atomic E-state index is 11.3. The molecular weight excluding hydrogens is 286 g/mol. The van der Waals surface area contributed by atoms with Gasteiger partial charge in [0.25, 0.3) is 0 Å². The predicted octanol–water partition coefficient (Wildman–Crippen LogP) is 1.76. The number of halogens is 2. The number of hydrogen-bond donors (Lipinski definition) is 0. The molecule has 1 heterocycles. The molecule has 1 amide bonds. The quantitative estimate of drug-likeness (QED) is 0.493. The van der Waals surface area contributed by atoms with E-state index in [1.165, 1.54) is 0 Å². The standard InChI is InChI=1S/C8H11Br2NO/c1-11-7-3-6(10)5(9)2-4(7)8(11)12/h4-7H,2-3H2,1H3/t4-,5+,6-,7-/m1/s1. The molecule has 1 aliphatic heterocycles. The number of amides is 1. The Balaban J connectivity index is 2.07. The Morgan fingerprint density at radius 1 is 1.33 bits per heavy atom. The minimum Gasteiger partial charge on any atom is -0.342 e. The van der Waals surface area contributed by atoms with E-state index in [1.54, 1.807) is 0 Å². The molecule has 2 rings (SSSR count). The van der Waals surface area contributed by atoms with Crippen molar-refractivity contribution in [1.29, 1.82) is 0 Å². The number of hydrogen-bond acceptors (Lipinski definition) is 1. The monoisotopic (exact) mass is 295 g/mol. The van der Waals surface area contributed by atoms with Crippen molar-refractivity contribution < 1.29 is 4.79 Å². The lowest BCUT2D eigenvalue weighted by Crippen LogP contribution is -2.62. The highest BCUT2D eigenvalue weighted by atomic mass is 79.9. The fraction of sp³-hybridized carbons (Fsp3) is 0.875. The van der Waals surface area contributed by atoms with Gasteiger partial charge in [0.15, 0.2) is 0 Å². The van der Waals surface area contributed by atoms with Crippen LogP contribution >= 0.6 is 31.9 Å². The van der Waals surface area contributed by atoms with Gasteiger partial charge in [0.1, 0.15) is 0 Å². The summed E-state index contributed by atoms with van der Waals surface area (Å²) in [5, 5.41) is 0. The maximum atomic E-state index is 11.3. The van der Waals surface area contributed by atoms with Gasteiger partial charge in [0.05, 0.1) is 5.92 Å². The fourth-order valence-electron chi connectivity index (χ4n) is 2.13. The first kappa shape index (κ1) is 9.00. The van der Waals surface area contributed by atoms with Gasteiger partial charge in [-0.15, -0.1) is 0 Å². The summed E-state index contributed by atoms with van der Waals surface area (Å²) in [6, 6.07) is 0.496. The van der Waals surface area contributed by atoms with Gasteiger partial charge in [-0.1, -0.05) is 31.9 Å². The number of fused-ring (bicyclic) bond motifs is 1. The zero-order chi connectivity index (χ0) is 8.88. The molecule has 2 nitrogen and oxygen atoms in total. The van der Waals surface area contributed by atoms with E-state index in [9.17, 15) is 4.79 Å². The van der Waals surface area contributed by atoms with Crippen molar-refractivity contribution in [2.75, 3.05) is 7.05 Å². The van der Waals surface area contributed by atoms with Gasteiger partial charge in [-0.05, 0) is 12.8 Å². The number of rotatable bonds is 0. The van der Waals surface area contributed by atoms with E-state index < -0.39 is 0 Å². The van der Waals surface area contributed by atoms with Gasteiger partial charge in [-0.3, -0.25) is 4.79 Å². The molecular formula is C8H11Br2NO. The van der Waals surface area contributed by atoms with Crippen molar-refractivity contribution >= 4 is 37.8 Å². The van der Waals surface area contributed by atoms with Crippen molar-refractivity contribution in [3.63, 3.8) is 0 Å². The minimum atomic E-state index is 0.299. The molecule has 1 saturated carbocycles. The number of β-lactam (4-membered cyclic amide) rings is 1. The Hall–Kier alpha value is 0.430. The molecule has 12 heavy (non-hydrogen) atoms. The summed E-state index contributed by atoms with van der Waals surface area (Å²) in [6.07, 6.45) is 2.08. The lowest BCUT2D eigenvalue weighted by atomic mass is 9.76. The molecule has 0 aromatic rings. The summed E-state index contributed by atoms with van der Waals surface area (Å²) in [5.74, 6) is 0.622. The number of carbonyl (C=O) groups is 1. The third-order valence-electron chi connectivity index (χ3n) is 2.96. The van der Waals surface area contributed by atoms with Crippen molar-refractivity contribution in [1.82, 2.24) is 4.90 Å². The largest absolute Gasteiger partial charge is 0.342 e. The Labute approximate surface area is 88.9 Å². The summed E-state index contributed by atoms with van der Waals surface area (Å²) in [7, 11) is 1.90. The molecule has 2 fully saturated rings. The third-order valence-corrected chi connectivity index (χ3v) is 5.70. The highest BCUT2D eigenvalue weighted by Crippen LogP contribution is 2.42. The third kappa shape index (κ3) is 1.15. The van der Waals surface area contributed by atoms with Crippen molar-refractivity contribution in [3.8, 4) is 0 Å². The van der Waals surface area contributed by atoms with Crippen LogP contribution in [0.5, 0.6) is 0 Å². The first-order valence-corrected chi connectivity index (χ1v) is 5.99. The van der Waals surface area contributed by atoms with Gasteiger partial charge in [0.2, 0.25) is 5.91 Å². The van der Waals surface area contributed by atoms with E-state index in [2.05, 4.69) is 31.9 Å². The molecule has 0 bridgehead atoms. The van der Waals surface area contributed by atoms with Gasteiger partial charge in [-0.25, -0.2) is 0 Å². The molecule has 2 aliphatic rings. The molecule has 4 atom stereocenters. The predicted molar refractivity (Wildman–Crippen MR) is 54.7 cm³/mol. The van der Waals surface area contributed by atoms with Crippen LogP contribution in [-0.4, -0.2) is 33.6 Å². The van der Waals surface area contributed by atoms with Crippen LogP contribution in [0.25, 0.3) is 0 Å². The van der Waals surface area contributed by atoms with Crippen molar-refractivity contribution in [2.45, 2.75) is 28.5 Å². The number of carbonyl (C=O) groups excluding carboxylic acids is 1. The normalized spacial score (nSPS) is 46.9. The van der Waals surface area contributed by atoms with Crippen LogP contribution in [0.4, 0.5) is 0 Å². The molecule has 68 valence electrons. The second-order valence-electron chi connectivity index (χ2n) is 3.63.